The Kier molecular flexibility index (Phi) is 7.15. The van der Waals surface area contributed by atoms with Gasteiger partial charge in [0.25, 0.3) is 0 Å². The average Bonchev–Trinajstić information content (AvgIpc) is 3.15. The molecule has 8 heteroatoms. The van der Waals surface area contributed by atoms with Crippen LogP contribution in [-0.4, -0.2) is 10.7 Å². The van der Waals surface area contributed by atoms with E-state index in [-0.39, 0.29) is 20.6 Å². The van der Waals surface area contributed by atoms with Crippen LogP contribution in [0.25, 0.3) is 16.8 Å². The molecule has 4 rings (SSSR count). The molecule has 1 nitrogen and oxygen atoms in total. The average molecular weight is 574 g/mol. The molecule has 1 heterocycles. The van der Waals surface area contributed by atoms with Gasteiger partial charge < -0.3 is 4.57 Å². The van der Waals surface area contributed by atoms with Crippen molar-refractivity contribution in [1.82, 2.24) is 4.57 Å². The van der Waals surface area contributed by atoms with Gasteiger partial charge in [0.15, 0.2) is 0 Å². The summed E-state index contributed by atoms with van der Waals surface area (Å²) in [6.07, 6.45) is 2.13. The maximum Gasteiger partial charge on any atom is 0.399 e. The van der Waals surface area contributed by atoms with Crippen LogP contribution in [0.2, 0.25) is 15.1 Å². The number of fused-ring (bicyclic) bond motifs is 1. The molecule has 0 spiro atoms. The number of alkyl halides is 3. The van der Waals surface area contributed by atoms with Crippen LogP contribution in [0.1, 0.15) is 22.6 Å². The van der Waals surface area contributed by atoms with Gasteiger partial charge in [0.1, 0.15) is 0 Å². The van der Waals surface area contributed by atoms with E-state index in [9.17, 15) is 13.2 Å². The highest BCUT2D eigenvalue weighted by Crippen LogP contribution is 2.41. The minimum absolute atomic E-state index is 0.0217. The van der Waals surface area contributed by atoms with Gasteiger partial charge in [-0.05, 0) is 45.7 Å². The molecule has 1 unspecified atom stereocenters. The van der Waals surface area contributed by atoms with E-state index in [2.05, 4.69) is 32.9 Å². The van der Waals surface area contributed by atoms with Crippen molar-refractivity contribution in [2.75, 3.05) is 0 Å². The molecule has 0 aliphatic heterocycles. The van der Waals surface area contributed by atoms with Gasteiger partial charge in [-0.25, -0.2) is 0 Å². The molecule has 0 amide bonds. The quantitative estimate of drug-likeness (QED) is 0.210. The van der Waals surface area contributed by atoms with E-state index in [1.165, 1.54) is 18.2 Å². The first-order valence-corrected chi connectivity index (χ1v) is 11.8. The summed E-state index contributed by atoms with van der Waals surface area (Å²) in [6, 6.07) is 15.9. The number of hydrogen-bond donors (Lipinski definition) is 0. The molecule has 0 radical (unpaired) electrons. The Morgan fingerprint density at radius 3 is 2.06 bits per heavy atom. The number of hydrogen-bond acceptors (Lipinski definition) is 0. The lowest BCUT2D eigenvalue weighted by Gasteiger charge is -2.18. The summed E-state index contributed by atoms with van der Waals surface area (Å²) < 4.78 is 44.2. The van der Waals surface area contributed by atoms with Gasteiger partial charge in [-0.1, -0.05) is 99.3 Å². The smallest absolute Gasteiger partial charge is 0.349 e. The lowest BCUT2D eigenvalue weighted by Crippen LogP contribution is -2.19. The van der Waals surface area contributed by atoms with Crippen molar-refractivity contribution in [1.29, 1.82) is 0 Å². The highest BCUT2D eigenvalue weighted by Gasteiger charge is 2.39. The lowest BCUT2D eigenvalue weighted by atomic mass is 9.97. The molecule has 3 aromatic carbocycles. The maximum absolute atomic E-state index is 13.8. The highest BCUT2D eigenvalue weighted by molar-refractivity contribution is 9.10. The van der Waals surface area contributed by atoms with Gasteiger partial charge in [-0.2, -0.15) is 13.2 Å². The van der Waals surface area contributed by atoms with Crippen molar-refractivity contribution in [3.8, 4) is 0 Å². The number of halogens is 7. The van der Waals surface area contributed by atoms with Crippen LogP contribution in [0.3, 0.4) is 0 Å². The van der Waals surface area contributed by atoms with E-state index in [0.29, 0.717) is 12.1 Å². The number of rotatable bonds is 5. The first-order chi connectivity index (χ1) is 15.6. The van der Waals surface area contributed by atoms with Gasteiger partial charge in [-0.15, -0.1) is 0 Å². The van der Waals surface area contributed by atoms with Crippen molar-refractivity contribution >= 4 is 67.6 Å². The number of allylic oxidation sites excluding steroid dienone is 1. The molecule has 1 aromatic heterocycles. The topological polar surface area (TPSA) is 4.93 Å². The summed E-state index contributed by atoms with van der Waals surface area (Å²) in [6.45, 7) is 0.631. The molecular weight excluding hydrogens is 558 g/mol. The van der Waals surface area contributed by atoms with Gasteiger partial charge in [-0.3, -0.25) is 0 Å². The fourth-order valence-electron chi connectivity index (χ4n) is 3.60. The van der Waals surface area contributed by atoms with E-state index in [0.717, 1.165) is 26.9 Å². The van der Waals surface area contributed by atoms with E-state index >= 15 is 0 Å². The van der Waals surface area contributed by atoms with Crippen LogP contribution in [0.4, 0.5) is 13.2 Å². The standard InChI is InChI=1S/C25H16BrCl3F3N/c26-21-9-15(5-7-18(21)14-33-12-16-3-1-2-4-17(16)13-33)6-8-20(25(30,31)32)19-10-22(27)24(29)23(28)11-19/h1-13,20H,14H2/b8-6+. The van der Waals surface area contributed by atoms with Crippen molar-refractivity contribution in [2.45, 2.75) is 18.6 Å². The second-order valence-corrected chi connectivity index (χ2v) is 9.63. The molecular formula is C25H16BrCl3F3N. The molecule has 4 aromatic rings. The molecule has 0 N–H and O–H groups in total. The largest absolute Gasteiger partial charge is 0.399 e. The Bertz CT molecular complexity index is 1290. The van der Waals surface area contributed by atoms with Crippen molar-refractivity contribution in [3.63, 3.8) is 0 Å². The zero-order valence-electron chi connectivity index (χ0n) is 16.9. The van der Waals surface area contributed by atoms with Crippen LogP contribution in [0.5, 0.6) is 0 Å². The van der Waals surface area contributed by atoms with Gasteiger partial charge in [0.05, 0.1) is 21.0 Å². The second kappa shape index (κ2) is 9.75. The van der Waals surface area contributed by atoms with E-state index in [4.69, 9.17) is 34.8 Å². The van der Waals surface area contributed by atoms with Crippen molar-refractivity contribution in [3.05, 3.63) is 109 Å². The Balaban J connectivity index is 1.58. The molecule has 0 bridgehead atoms. The third kappa shape index (κ3) is 5.60. The third-order valence-electron chi connectivity index (χ3n) is 5.23. The van der Waals surface area contributed by atoms with E-state index < -0.39 is 12.1 Å². The predicted molar refractivity (Wildman–Crippen MR) is 134 cm³/mol. The predicted octanol–water partition coefficient (Wildman–Crippen LogP) is 9.77. The zero-order chi connectivity index (χ0) is 23.8. The number of benzene rings is 3. The molecule has 0 aliphatic carbocycles. The third-order valence-corrected chi connectivity index (χ3v) is 7.17. The second-order valence-electron chi connectivity index (χ2n) is 7.59. The van der Waals surface area contributed by atoms with E-state index in [1.807, 2.05) is 30.3 Å². The zero-order valence-corrected chi connectivity index (χ0v) is 20.7. The van der Waals surface area contributed by atoms with Gasteiger partial charge in [0.2, 0.25) is 0 Å². The number of aromatic nitrogens is 1. The normalized spacial score (nSPS) is 13.2. The SMILES string of the molecule is FC(F)(F)C(/C=C/c1ccc(Cn2cc3ccccc3c2)c(Br)c1)c1cc(Cl)c(Cl)c(Cl)c1. The molecule has 0 aliphatic rings. The van der Waals surface area contributed by atoms with Crippen LogP contribution in [0.15, 0.2) is 77.5 Å². The Morgan fingerprint density at radius 2 is 1.52 bits per heavy atom. The lowest BCUT2D eigenvalue weighted by molar-refractivity contribution is -0.139. The first-order valence-electron chi connectivity index (χ1n) is 9.84. The summed E-state index contributed by atoms with van der Waals surface area (Å²) in [7, 11) is 0. The van der Waals surface area contributed by atoms with Crippen LogP contribution < -0.4 is 0 Å². The minimum Gasteiger partial charge on any atom is -0.349 e. The molecule has 0 fully saturated rings. The summed E-state index contributed by atoms with van der Waals surface area (Å²) in [5.74, 6) is -1.88. The Labute approximate surface area is 212 Å². The Morgan fingerprint density at radius 1 is 0.909 bits per heavy atom. The number of nitrogens with zero attached hydrogens (tertiary/aromatic N) is 1. The van der Waals surface area contributed by atoms with Crippen LogP contribution >= 0.6 is 50.7 Å². The molecule has 1 atom stereocenters. The fourth-order valence-corrected chi connectivity index (χ4v) is 4.73. The monoisotopic (exact) mass is 571 g/mol. The molecule has 170 valence electrons. The first kappa shape index (κ1) is 24.2. The maximum atomic E-state index is 13.8. The fraction of sp³-hybridized carbons (Fsp3) is 0.120. The van der Waals surface area contributed by atoms with Gasteiger partial charge >= 0.3 is 6.18 Å². The van der Waals surface area contributed by atoms with Gasteiger partial charge in [0, 0.05) is 23.4 Å². The summed E-state index contributed by atoms with van der Waals surface area (Å²) in [5.41, 5.74) is 1.56. The summed E-state index contributed by atoms with van der Waals surface area (Å²) >= 11 is 21.3. The Hall–Kier alpha value is -1.92. The van der Waals surface area contributed by atoms with Crippen molar-refractivity contribution in [2.24, 2.45) is 0 Å². The molecule has 33 heavy (non-hydrogen) atoms. The summed E-state index contributed by atoms with van der Waals surface area (Å²) in [4.78, 5) is 0. The van der Waals surface area contributed by atoms with E-state index in [1.54, 1.807) is 12.1 Å². The molecule has 0 saturated heterocycles. The molecule has 0 saturated carbocycles. The van der Waals surface area contributed by atoms with Crippen molar-refractivity contribution < 1.29 is 13.2 Å². The summed E-state index contributed by atoms with van der Waals surface area (Å²) in [5, 5.41) is 2.28. The minimum atomic E-state index is -4.52. The van der Waals surface area contributed by atoms with Crippen LogP contribution in [0, 0.1) is 0 Å². The van der Waals surface area contributed by atoms with Crippen LogP contribution in [-0.2, 0) is 6.54 Å². The highest BCUT2D eigenvalue weighted by atomic mass is 79.9.